The first kappa shape index (κ1) is 23.5. The molecule has 4 amide bonds. The Morgan fingerprint density at radius 2 is 1.63 bits per heavy atom. The fourth-order valence-corrected chi connectivity index (χ4v) is 3.27. The number of benzene rings is 3. The molecule has 9 heteroatoms. The summed E-state index contributed by atoms with van der Waals surface area (Å²) in [7, 11) is 0. The van der Waals surface area contributed by atoms with Crippen molar-refractivity contribution in [1.29, 1.82) is 0 Å². The molecule has 0 aliphatic carbocycles. The van der Waals surface area contributed by atoms with Crippen molar-refractivity contribution in [2.45, 2.75) is 13.3 Å². The van der Waals surface area contributed by atoms with Gasteiger partial charge in [0.05, 0.1) is 5.69 Å². The van der Waals surface area contributed by atoms with E-state index in [-0.39, 0.29) is 17.9 Å². The number of carbonyl (C=O) groups excluding carboxylic acids is 2. The monoisotopic (exact) mass is 473 g/mol. The largest absolute Gasteiger partial charge is 0.444 e. The van der Waals surface area contributed by atoms with Gasteiger partial charge in [-0.15, -0.1) is 0 Å². The fourth-order valence-electron chi connectivity index (χ4n) is 3.27. The molecule has 0 spiro atoms. The van der Waals surface area contributed by atoms with E-state index >= 15 is 0 Å². The first-order valence-corrected chi connectivity index (χ1v) is 11.0. The van der Waals surface area contributed by atoms with Crippen LogP contribution < -0.4 is 21.3 Å². The Hall–Kier alpha value is -4.66. The highest BCUT2D eigenvalue weighted by Crippen LogP contribution is 2.21. The predicted molar refractivity (Wildman–Crippen MR) is 133 cm³/mol. The van der Waals surface area contributed by atoms with Crippen molar-refractivity contribution in [3.05, 3.63) is 96.1 Å². The minimum Gasteiger partial charge on any atom is -0.444 e. The van der Waals surface area contributed by atoms with Crippen molar-refractivity contribution in [2.24, 2.45) is 0 Å². The lowest BCUT2D eigenvalue weighted by Gasteiger charge is -2.13. The van der Waals surface area contributed by atoms with E-state index in [0.29, 0.717) is 47.2 Å². The maximum Gasteiger partial charge on any atom is 0.323 e. The third-order valence-corrected chi connectivity index (χ3v) is 5.08. The third kappa shape index (κ3) is 6.67. The summed E-state index contributed by atoms with van der Waals surface area (Å²) in [4.78, 5) is 29.0. The van der Waals surface area contributed by atoms with Gasteiger partial charge in [0.15, 0.2) is 0 Å². The van der Waals surface area contributed by atoms with Crippen molar-refractivity contribution >= 4 is 29.1 Å². The number of anilines is 3. The van der Waals surface area contributed by atoms with Crippen molar-refractivity contribution in [2.75, 3.05) is 22.5 Å². The van der Waals surface area contributed by atoms with Crippen LogP contribution in [0.25, 0.3) is 11.5 Å². The van der Waals surface area contributed by atoms with Gasteiger partial charge < -0.3 is 25.7 Å². The summed E-state index contributed by atoms with van der Waals surface area (Å²) in [6, 6.07) is 19.4. The summed E-state index contributed by atoms with van der Waals surface area (Å²) in [6.07, 6.45) is 1.97. The van der Waals surface area contributed by atoms with Gasteiger partial charge in [0, 0.05) is 35.6 Å². The lowest BCUT2D eigenvalue weighted by Crippen LogP contribution is -2.30. The Morgan fingerprint density at radius 3 is 2.40 bits per heavy atom. The van der Waals surface area contributed by atoms with Gasteiger partial charge in [0.1, 0.15) is 12.1 Å². The zero-order valence-electron chi connectivity index (χ0n) is 19.0. The molecular formula is C26H24FN5O3. The first-order valence-electron chi connectivity index (χ1n) is 11.0. The van der Waals surface area contributed by atoms with Gasteiger partial charge in [-0.25, -0.2) is 19.0 Å². The minimum atomic E-state index is -0.388. The molecule has 1 heterocycles. The Bertz CT molecular complexity index is 1310. The molecule has 4 aromatic rings. The number of hydrogen-bond acceptors (Lipinski definition) is 4. The number of nitrogens with one attached hydrogen (secondary N) is 4. The van der Waals surface area contributed by atoms with Gasteiger partial charge >= 0.3 is 12.1 Å². The van der Waals surface area contributed by atoms with Crippen LogP contribution in [0.3, 0.4) is 0 Å². The number of oxazole rings is 1. The molecule has 0 saturated carbocycles. The number of amides is 4. The molecule has 4 N–H and O–H groups in total. The summed E-state index contributed by atoms with van der Waals surface area (Å²) in [5, 5.41) is 11.1. The highest BCUT2D eigenvalue weighted by atomic mass is 19.1. The van der Waals surface area contributed by atoms with E-state index in [9.17, 15) is 14.0 Å². The van der Waals surface area contributed by atoms with Crippen molar-refractivity contribution in [1.82, 2.24) is 10.3 Å². The zero-order chi connectivity index (χ0) is 24.6. The lowest BCUT2D eigenvalue weighted by atomic mass is 10.2. The summed E-state index contributed by atoms with van der Waals surface area (Å²) < 4.78 is 18.5. The molecule has 0 bridgehead atoms. The Kier molecular flexibility index (Phi) is 7.37. The molecule has 0 saturated heterocycles. The quantitative estimate of drug-likeness (QED) is 0.272. The van der Waals surface area contributed by atoms with E-state index in [4.69, 9.17) is 4.42 Å². The second-order valence-electron chi connectivity index (χ2n) is 7.76. The van der Waals surface area contributed by atoms with Crippen LogP contribution in [0, 0.1) is 12.7 Å². The molecule has 35 heavy (non-hydrogen) atoms. The van der Waals surface area contributed by atoms with Gasteiger partial charge in [-0.1, -0.05) is 24.3 Å². The first-order chi connectivity index (χ1) is 17.0. The molecule has 1 aromatic heterocycles. The van der Waals surface area contributed by atoms with Gasteiger partial charge in [0.2, 0.25) is 5.89 Å². The number of rotatable bonds is 7. The minimum absolute atomic E-state index is 0.331. The van der Waals surface area contributed by atoms with Crippen LogP contribution in [0.5, 0.6) is 0 Å². The standard InChI is InChI=1S/C26H24FN5O3/c1-17-7-12-21(31-26(34)30-20-5-3-2-4-6-20)15-23(17)32-25(33)28-14-13-22-16-35-24(29-22)18-8-10-19(27)11-9-18/h2-12,15-16H,13-14H2,1H3,(H2,28,32,33)(H2,30,31,34). The van der Waals surface area contributed by atoms with Crippen molar-refractivity contribution < 1.29 is 18.4 Å². The number of aromatic nitrogens is 1. The van der Waals surface area contributed by atoms with Crippen molar-refractivity contribution in [3.8, 4) is 11.5 Å². The SMILES string of the molecule is Cc1ccc(NC(=O)Nc2ccccc2)cc1NC(=O)NCCc1coc(-c2ccc(F)cc2)n1. The second-order valence-corrected chi connectivity index (χ2v) is 7.76. The van der Waals surface area contributed by atoms with E-state index in [1.165, 1.54) is 18.4 Å². The molecule has 178 valence electrons. The van der Waals surface area contributed by atoms with Crippen LogP contribution in [0.1, 0.15) is 11.3 Å². The number of aryl methyl sites for hydroxylation is 1. The summed E-state index contributed by atoms with van der Waals surface area (Å²) >= 11 is 0. The topological polar surface area (TPSA) is 108 Å². The lowest BCUT2D eigenvalue weighted by molar-refractivity contribution is 0.252. The number of nitrogens with zero attached hydrogens (tertiary/aromatic N) is 1. The maximum atomic E-state index is 13.1. The molecule has 0 unspecified atom stereocenters. The highest BCUT2D eigenvalue weighted by Gasteiger charge is 2.10. The fraction of sp³-hybridized carbons (Fsp3) is 0.115. The van der Waals surface area contributed by atoms with Gasteiger partial charge in [0.25, 0.3) is 0 Å². The van der Waals surface area contributed by atoms with Crippen LogP contribution in [-0.2, 0) is 6.42 Å². The smallest absolute Gasteiger partial charge is 0.323 e. The number of para-hydroxylation sites is 1. The molecule has 0 atom stereocenters. The van der Waals surface area contributed by atoms with Crippen LogP contribution in [0.2, 0.25) is 0 Å². The summed E-state index contributed by atoms with van der Waals surface area (Å²) in [5.74, 6) is 0.0587. The molecule has 0 radical (unpaired) electrons. The van der Waals surface area contributed by atoms with E-state index in [1.54, 1.807) is 42.5 Å². The Morgan fingerprint density at radius 1 is 0.886 bits per heavy atom. The van der Waals surface area contributed by atoms with Gasteiger partial charge in [-0.05, 0) is 61.0 Å². The van der Waals surface area contributed by atoms with E-state index < -0.39 is 0 Å². The third-order valence-electron chi connectivity index (χ3n) is 5.08. The predicted octanol–water partition coefficient (Wildman–Crippen LogP) is 5.80. The number of urea groups is 2. The van der Waals surface area contributed by atoms with E-state index in [1.807, 2.05) is 25.1 Å². The van der Waals surface area contributed by atoms with Crippen LogP contribution in [0.15, 0.2) is 83.5 Å². The van der Waals surface area contributed by atoms with E-state index in [2.05, 4.69) is 26.3 Å². The number of carbonyl (C=O) groups is 2. The zero-order valence-corrected chi connectivity index (χ0v) is 19.0. The Balaban J connectivity index is 1.27. The normalized spacial score (nSPS) is 10.5. The average Bonchev–Trinajstić information content (AvgIpc) is 3.31. The molecule has 0 aliphatic rings. The number of halogens is 1. The molecule has 8 nitrogen and oxygen atoms in total. The molecule has 3 aromatic carbocycles. The average molecular weight is 474 g/mol. The molecule has 4 rings (SSSR count). The molecular weight excluding hydrogens is 449 g/mol. The molecule has 0 aliphatic heterocycles. The van der Waals surface area contributed by atoms with E-state index in [0.717, 1.165) is 5.56 Å². The second kappa shape index (κ2) is 11.0. The molecule has 0 fully saturated rings. The summed E-state index contributed by atoms with van der Waals surface area (Å²) in [5.41, 5.74) is 3.96. The maximum absolute atomic E-state index is 13.1. The van der Waals surface area contributed by atoms with Crippen molar-refractivity contribution in [3.63, 3.8) is 0 Å². The van der Waals surface area contributed by atoms with Gasteiger partial charge in [-0.2, -0.15) is 0 Å². The van der Waals surface area contributed by atoms with Crippen LogP contribution in [0.4, 0.5) is 31.0 Å². The number of hydrogen-bond donors (Lipinski definition) is 4. The van der Waals surface area contributed by atoms with Crippen LogP contribution in [-0.4, -0.2) is 23.6 Å². The summed E-state index contributed by atoms with van der Waals surface area (Å²) in [6.45, 7) is 2.19. The highest BCUT2D eigenvalue weighted by molar-refractivity contribution is 6.00. The van der Waals surface area contributed by atoms with Crippen LogP contribution >= 0.6 is 0 Å². The van der Waals surface area contributed by atoms with Gasteiger partial charge in [-0.3, -0.25) is 0 Å². The Labute approximate surface area is 201 Å².